The fourth-order valence-electron chi connectivity index (χ4n) is 2.17. The molecule has 2 rings (SSSR count). The number of fused-ring (bicyclic) bond motifs is 1. The SMILES string of the molecule is COCC(COC)Nc1nc(S(C)=O)nc2ccn(C)c(=O)c12. The van der Waals surface area contributed by atoms with E-state index in [1.165, 1.54) is 10.8 Å². The fraction of sp³-hybridized carbons (Fsp3) is 0.500. The Morgan fingerprint density at radius 3 is 2.52 bits per heavy atom. The number of aromatic nitrogens is 3. The first-order valence-corrected chi connectivity index (χ1v) is 8.49. The van der Waals surface area contributed by atoms with Gasteiger partial charge in [0.15, 0.2) is 0 Å². The summed E-state index contributed by atoms with van der Waals surface area (Å²) < 4.78 is 23.5. The molecule has 0 aliphatic carbocycles. The van der Waals surface area contributed by atoms with Crippen molar-refractivity contribution in [3.05, 3.63) is 22.6 Å². The fourth-order valence-corrected chi connectivity index (χ4v) is 2.62. The van der Waals surface area contributed by atoms with Gasteiger partial charge in [0.05, 0.1) is 35.6 Å². The van der Waals surface area contributed by atoms with Crippen LogP contribution in [0.3, 0.4) is 0 Å². The summed E-state index contributed by atoms with van der Waals surface area (Å²) in [6.45, 7) is 0.744. The Hall–Kier alpha value is -1.84. The first-order valence-electron chi connectivity index (χ1n) is 6.93. The molecule has 2 heterocycles. The second-order valence-electron chi connectivity index (χ2n) is 5.05. The molecule has 0 spiro atoms. The highest BCUT2D eigenvalue weighted by Gasteiger charge is 2.17. The zero-order valence-electron chi connectivity index (χ0n) is 13.5. The van der Waals surface area contributed by atoms with Crippen LogP contribution in [0.15, 0.2) is 22.2 Å². The molecular formula is C14H20N4O4S. The highest BCUT2D eigenvalue weighted by atomic mass is 32.2. The molecule has 0 aliphatic rings. The number of ether oxygens (including phenoxy) is 2. The van der Waals surface area contributed by atoms with Crippen molar-refractivity contribution in [3.63, 3.8) is 0 Å². The number of methoxy groups -OCH3 is 2. The van der Waals surface area contributed by atoms with E-state index in [1.807, 2.05) is 0 Å². The van der Waals surface area contributed by atoms with Crippen LogP contribution in [0.2, 0.25) is 0 Å². The first kappa shape index (κ1) is 17.5. The molecule has 0 aliphatic heterocycles. The highest BCUT2D eigenvalue weighted by molar-refractivity contribution is 7.84. The van der Waals surface area contributed by atoms with E-state index in [1.54, 1.807) is 33.5 Å². The standard InChI is InChI=1S/C14H20N4O4S/c1-18-6-5-10-11(13(18)19)12(17-14(16-10)23(4)20)15-9(7-21-2)8-22-3/h5-6,9H,7-8H2,1-4H3,(H,15,16,17). The first-order chi connectivity index (χ1) is 11.0. The quantitative estimate of drug-likeness (QED) is 0.716. The summed E-state index contributed by atoms with van der Waals surface area (Å²) in [5, 5.41) is 3.66. The molecule has 0 aromatic carbocycles. The molecule has 9 heteroatoms. The molecule has 2 aromatic rings. The molecule has 0 radical (unpaired) electrons. The minimum atomic E-state index is -1.36. The van der Waals surface area contributed by atoms with Gasteiger partial charge in [0.2, 0.25) is 5.16 Å². The summed E-state index contributed by atoms with van der Waals surface area (Å²) >= 11 is 0. The lowest BCUT2D eigenvalue weighted by atomic mass is 10.2. The average molecular weight is 340 g/mol. The Labute approximate surface area is 136 Å². The molecular weight excluding hydrogens is 320 g/mol. The largest absolute Gasteiger partial charge is 0.382 e. The molecule has 0 fully saturated rings. The second-order valence-corrected chi connectivity index (χ2v) is 6.33. The van der Waals surface area contributed by atoms with Gasteiger partial charge in [-0.25, -0.2) is 9.97 Å². The minimum Gasteiger partial charge on any atom is -0.382 e. The lowest BCUT2D eigenvalue weighted by molar-refractivity contribution is 0.126. The van der Waals surface area contributed by atoms with Crippen LogP contribution in [-0.4, -0.2) is 58.5 Å². The van der Waals surface area contributed by atoms with Crippen LogP contribution in [0.25, 0.3) is 10.9 Å². The molecule has 23 heavy (non-hydrogen) atoms. The maximum atomic E-state index is 12.4. The Bertz CT molecular complexity index is 771. The molecule has 1 N–H and O–H groups in total. The lowest BCUT2D eigenvalue weighted by Crippen LogP contribution is -2.31. The molecule has 1 unspecified atom stereocenters. The number of pyridine rings is 1. The van der Waals surface area contributed by atoms with Crippen molar-refractivity contribution < 1.29 is 13.7 Å². The summed E-state index contributed by atoms with van der Waals surface area (Å²) in [5.74, 6) is 0.334. The van der Waals surface area contributed by atoms with Crippen molar-refractivity contribution in [3.8, 4) is 0 Å². The second kappa shape index (κ2) is 7.62. The van der Waals surface area contributed by atoms with Gasteiger partial charge in [0.1, 0.15) is 11.2 Å². The van der Waals surface area contributed by atoms with E-state index in [2.05, 4.69) is 15.3 Å². The number of anilines is 1. The predicted molar refractivity (Wildman–Crippen MR) is 88.3 cm³/mol. The molecule has 0 bridgehead atoms. The number of hydrogen-bond acceptors (Lipinski definition) is 7. The number of aryl methyl sites for hydroxylation is 1. The van der Waals surface area contributed by atoms with Crippen LogP contribution in [-0.2, 0) is 27.3 Å². The molecule has 2 aromatic heterocycles. The van der Waals surface area contributed by atoms with Crippen LogP contribution < -0.4 is 10.9 Å². The van der Waals surface area contributed by atoms with E-state index in [9.17, 15) is 9.00 Å². The van der Waals surface area contributed by atoms with Crippen molar-refractivity contribution in [1.82, 2.24) is 14.5 Å². The average Bonchev–Trinajstić information content (AvgIpc) is 2.51. The topological polar surface area (TPSA) is 95.3 Å². The van der Waals surface area contributed by atoms with Crippen molar-refractivity contribution >= 4 is 27.5 Å². The van der Waals surface area contributed by atoms with E-state index >= 15 is 0 Å². The van der Waals surface area contributed by atoms with Gasteiger partial charge in [0, 0.05) is 33.7 Å². The summed E-state index contributed by atoms with van der Waals surface area (Å²) in [6.07, 6.45) is 3.11. The van der Waals surface area contributed by atoms with E-state index in [0.717, 1.165) is 0 Å². The Kier molecular flexibility index (Phi) is 5.80. The molecule has 0 saturated heterocycles. The van der Waals surface area contributed by atoms with Gasteiger partial charge in [-0.2, -0.15) is 0 Å². The summed E-state index contributed by atoms with van der Waals surface area (Å²) in [4.78, 5) is 20.9. The van der Waals surface area contributed by atoms with Crippen molar-refractivity contribution in [2.24, 2.45) is 7.05 Å². The highest BCUT2D eigenvalue weighted by Crippen LogP contribution is 2.18. The molecule has 0 saturated carbocycles. The maximum Gasteiger partial charge on any atom is 0.263 e. The number of rotatable bonds is 7. The Morgan fingerprint density at radius 2 is 1.96 bits per heavy atom. The Morgan fingerprint density at radius 1 is 1.30 bits per heavy atom. The van der Waals surface area contributed by atoms with Crippen LogP contribution >= 0.6 is 0 Å². The molecule has 1 atom stereocenters. The molecule has 0 amide bonds. The normalized spacial score (nSPS) is 12.7. The van der Waals surface area contributed by atoms with Gasteiger partial charge < -0.3 is 19.4 Å². The third-order valence-corrected chi connectivity index (χ3v) is 3.94. The van der Waals surface area contributed by atoms with Gasteiger partial charge in [-0.15, -0.1) is 0 Å². The van der Waals surface area contributed by atoms with Gasteiger partial charge in [0.25, 0.3) is 5.56 Å². The predicted octanol–water partition coefficient (Wildman–Crippen LogP) is 0.139. The summed E-state index contributed by atoms with van der Waals surface area (Å²) in [6, 6.07) is 1.49. The monoisotopic (exact) mass is 340 g/mol. The van der Waals surface area contributed by atoms with Gasteiger partial charge in [-0.3, -0.25) is 9.00 Å². The number of hydrogen-bond donors (Lipinski definition) is 1. The smallest absolute Gasteiger partial charge is 0.263 e. The summed E-state index contributed by atoms with van der Waals surface area (Å²) in [7, 11) is 3.44. The lowest BCUT2D eigenvalue weighted by Gasteiger charge is -2.19. The van der Waals surface area contributed by atoms with E-state index in [0.29, 0.717) is 29.9 Å². The van der Waals surface area contributed by atoms with E-state index in [4.69, 9.17) is 9.47 Å². The molecule has 8 nitrogen and oxygen atoms in total. The Balaban J connectivity index is 2.60. The minimum absolute atomic E-state index is 0.168. The van der Waals surface area contributed by atoms with E-state index in [-0.39, 0.29) is 16.8 Å². The van der Waals surface area contributed by atoms with Crippen molar-refractivity contribution in [2.75, 3.05) is 39.0 Å². The molecule has 126 valence electrons. The van der Waals surface area contributed by atoms with Crippen LogP contribution in [0.1, 0.15) is 0 Å². The summed E-state index contributed by atoms with van der Waals surface area (Å²) in [5.41, 5.74) is 0.219. The third-order valence-electron chi connectivity index (χ3n) is 3.24. The third kappa shape index (κ3) is 3.92. The zero-order chi connectivity index (χ0) is 17.0. The van der Waals surface area contributed by atoms with Crippen molar-refractivity contribution in [2.45, 2.75) is 11.2 Å². The van der Waals surface area contributed by atoms with Gasteiger partial charge in [-0.05, 0) is 6.07 Å². The number of nitrogens with one attached hydrogen (secondary N) is 1. The van der Waals surface area contributed by atoms with Crippen molar-refractivity contribution in [1.29, 1.82) is 0 Å². The van der Waals surface area contributed by atoms with Crippen LogP contribution in [0.4, 0.5) is 5.82 Å². The zero-order valence-corrected chi connectivity index (χ0v) is 14.3. The van der Waals surface area contributed by atoms with Gasteiger partial charge in [-0.1, -0.05) is 0 Å². The van der Waals surface area contributed by atoms with Gasteiger partial charge >= 0.3 is 0 Å². The van der Waals surface area contributed by atoms with E-state index < -0.39 is 10.8 Å². The number of nitrogens with zero attached hydrogens (tertiary/aromatic N) is 3. The maximum absolute atomic E-state index is 12.4. The van der Waals surface area contributed by atoms with Crippen LogP contribution in [0.5, 0.6) is 0 Å². The van der Waals surface area contributed by atoms with Crippen LogP contribution in [0, 0.1) is 0 Å².